The molecule has 3 amide bonds. The van der Waals surface area contributed by atoms with Gasteiger partial charge in [0.25, 0.3) is 0 Å². The number of hydrogen-bond acceptors (Lipinski definition) is 5. The van der Waals surface area contributed by atoms with E-state index < -0.39 is 33.1 Å². The molecule has 0 aliphatic rings. The third-order valence-electron chi connectivity index (χ3n) is 4.78. The fraction of sp³-hybridized carbons (Fsp3) is 0.174. The van der Waals surface area contributed by atoms with Crippen molar-refractivity contribution in [2.75, 3.05) is 16.9 Å². The summed E-state index contributed by atoms with van der Waals surface area (Å²) < 4.78 is 38.9. The SMILES string of the molecule is CC(C)(NC(=O)Nc1ccc(Cl)cn1)C(=O)Nc1ccc(-c2ccccc2S(C)(=O)=O)cc1F. The number of halogens is 2. The molecule has 3 rings (SSSR count). The molecule has 0 unspecified atom stereocenters. The number of urea groups is 1. The number of carbonyl (C=O) groups is 2. The Kier molecular flexibility index (Phi) is 7.23. The molecule has 0 aliphatic heterocycles. The van der Waals surface area contributed by atoms with Crippen LogP contribution in [0.4, 0.5) is 20.7 Å². The second-order valence-corrected chi connectivity index (χ2v) is 10.4. The van der Waals surface area contributed by atoms with Crippen molar-refractivity contribution in [2.45, 2.75) is 24.3 Å². The highest BCUT2D eigenvalue weighted by molar-refractivity contribution is 7.90. The lowest BCUT2D eigenvalue weighted by molar-refractivity contribution is -0.120. The first-order valence-corrected chi connectivity index (χ1v) is 12.2. The summed E-state index contributed by atoms with van der Waals surface area (Å²) in [6.45, 7) is 2.90. The number of nitrogens with one attached hydrogen (secondary N) is 3. The largest absolute Gasteiger partial charge is 0.324 e. The molecule has 34 heavy (non-hydrogen) atoms. The summed E-state index contributed by atoms with van der Waals surface area (Å²) in [6.07, 6.45) is 2.43. The van der Waals surface area contributed by atoms with E-state index in [4.69, 9.17) is 11.6 Å². The van der Waals surface area contributed by atoms with Crippen molar-refractivity contribution in [1.29, 1.82) is 0 Å². The molecular weight excluding hydrogens is 483 g/mol. The number of carbonyl (C=O) groups excluding carboxylic acids is 2. The van der Waals surface area contributed by atoms with Crippen molar-refractivity contribution < 1.29 is 22.4 Å². The van der Waals surface area contributed by atoms with E-state index in [0.717, 1.165) is 12.3 Å². The molecule has 0 radical (unpaired) electrons. The Morgan fingerprint density at radius 3 is 2.35 bits per heavy atom. The predicted molar refractivity (Wildman–Crippen MR) is 129 cm³/mol. The van der Waals surface area contributed by atoms with E-state index in [-0.39, 0.29) is 16.4 Å². The summed E-state index contributed by atoms with van der Waals surface area (Å²) in [6, 6.07) is 12.6. The zero-order chi connectivity index (χ0) is 25.1. The number of benzene rings is 2. The number of nitrogens with zero attached hydrogens (tertiary/aromatic N) is 1. The molecule has 3 N–H and O–H groups in total. The Hall–Kier alpha value is -3.50. The van der Waals surface area contributed by atoms with Crippen LogP contribution in [-0.2, 0) is 14.6 Å². The van der Waals surface area contributed by atoms with Crippen LogP contribution in [0.1, 0.15) is 13.8 Å². The number of anilines is 2. The molecule has 3 aromatic rings. The van der Waals surface area contributed by atoms with E-state index in [9.17, 15) is 22.4 Å². The van der Waals surface area contributed by atoms with Crippen molar-refractivity contribution in [3.63, 3.8) is 0 Å². The second kappa shape index (κ2) is 9.78. The monoisotopic (exact) mass is 504 g/mol. The van der Waals surface area contributed by atoms with Crippen LogP contribution in [0.15, 0.2) is 65.7 Å². The normalized spacial score (nSPS) is 11.6. The minimum atomic E-state index is -3.53. The number of hydrogen-bond donors (Lipinski definition) is 3. The van der Waals surface area contributed by atoms with E-state index in [1.165, 1.54) is 44.3 Å². The number of sulfone groups is 1. The van der Waals surface area contributed by atoms with Crippen molar-refractivity contribution >= 4 is 44.9 Å². The summed E-state index contributed by atoms with van der Waals surface area (Å²) in [4.78, 5) is 29.0. The van der Waals surface area contributed by atoms with E-state index in [0.29, 0.717) is 16.1 Å². The Labute approximate surface area is 201 Å². The average Bonchev–Trinajstić information content (AvgIpc) is 2.75. The van der Waals surface area contributed by atoms with Gasteiger partial charge < -0.3 is 10.6 Å². The molecule has 0 saturated heterocycles. The first-order chi connectivity index (χ1) is 15.9. The lowest BCUT2D eigenvalue weighted by Crippen LogP contribution is -2.53. The summed E-state index contributed by atoms with van der Waals surface area (Å²) in [5.74, 6) is -1.20. The zero-order valence-corrected chi connectivity index (χ0v) is 20.1. The zero-order valence-electron chi connectivity index (χ0n) is 18.5. The maximum atomic E-state index is 14.8. The lowest BCUT2D eigenvalue weighted by Gasteiger charge is -2.25. The van der Waals surface area contributed by atoms with Gasteiger partial charge >= 0.3 is 6.03 Å². The predicted octanol–water partition coefficient (Wildman–Crippen LogP) is 4.48. The van der Waals surface area contributed by atoms with Gasteiger partial charge in [0.05, 0.1) is 15.6 Å². The second-order valence-electron chi connectivity index (χ2n) is 7.98. The Morgan fingerprint density at radius 1 is 1.03 bits per heavy atom. The van der Waals surface area contributed by atoms with E-state index in [1.807, 2.05) is 0 Å². The van der Waals surface area contributed by atoms with Gasteiger partial charge in [-0.15, -0.1) is 0 Å². The van der Waals surface area contributed by atoms with Gasteiger partial charge in [-0.05, 0) is 49.7 Å². The third-order valence-corrected chi connectivity index (χ3v) is 6.16. The van der Waals surface area contributed by atoms with Crippen LogP contribution in [-0.4, -0.2) is 37.1 Å². The molecule has 11 heteroatoms. The van der Waals surface area contributed by atoms with Gasteiger partial charge in [-0.3, -0.25) is 10.1 Å². The van der Waals surface area contributed by atoms with Gasteiger partial charge in [0.1, 0.15) is 17.2 Å². The minimum absolute atomic E-state index is 0.0673. The number of aromatic nitrogens is 1. The third kappa shape index (κ3) is 6.09. The van der Waals surface area contributed by atoms with Crippen LogP contribution >= 0.6 is 11.6 Å². The number of rotatable bonds is 6. The van der Waals surface area contributed by atoms with E-state index in [2.05, 4.69) is 20.9 Å². The molecule has 0 atom stereocenters. The van der Waals surface area contributed by atoms with Crippen LogP contribution in [0.3, 0.4) is 0 Å². The molecule has 0 fully saturated rings. The van der Waals surface area contributed by atoms with E-state index in [1.54, 1.807) is 24.3 Å². The van der Waals surface area contributed by atoms with Gasteiger partial charge in [-0.25, -0.2) is 22.6 Å². The summed E-state index contributed by atoms with van der Waals surface area (Å²) in [7, 11) is -3.53. The van der Waals surface area contributed by atoms with Crippen LogP contribution in [0.2, 0.25) is 5.02 Å². The summed E-state index contributed by atoms with van der Waals surface area (Å²) in [5.41, 5.74) is -0.856. The first-order valence-electron chi connectivity index (χ1n) is 9.98. The smallest absolute Gasteiger partial charge is 0.321 e. The van der Waals surface area contributed by atoms with Gasteiger partial charge in [0.2, 0.25) is 5.91 Å². The minimum Gasteiger partial charge on any atom is -0.324 e. The molecule has 2 aromatic carbocycles. The Bertz CT molecular complexity index is 1350. The molecule has 0 bridgehead atoms. The van der Waals surface area contributed by atoms with Gasteiger partial charge in [-0.1, -0.05) is 35.9 Å². The van der Waals surface area contributed by atoms with Crippen molar-refractivity contribution in [2.24, 2.45) is 0 Å². The highest BCUT2D eigenvalue weighted by Gasteiger charge is 2.30. The van der Waals surface area contributed by atoms with Crippen LogP contribution in [0.25, 0.3) is 11.1 Å². The fourth-order valence-electron chi connectivity index (χ4n) is 3.03. The summed E-state index contributed by atoms with van der Waals surface area (Å²) in [5, 5.41) is 7.82. The van der Waals surface area contributed by atoms with Crippen molar-refractivity contribution in [3.8, 4) is 11.1 Å². The average molecular weight is 505 g/mol. The first kappa shape index (κ1) is 25.1. The lowest BCUT2D eigenvalue weighted by atomic mass is 10.0. The molecule has 1 heterocycles. The number of amides is 3. The van der Waals surface area contributed by atoms with Crippen molar-refractivity contribution in [1.82, 2.24) is 10.3 Å². The van der Waals surface area contributed by atoms with Crippen LogP contribution in [0, 0.1) is 5.82 Å². The highest BCUT2D eigenvalue weighted by atomic mass is 35.5. The van der Waals surface area contributed by atoms with E-state index >= 15 is 0 Å². The van der Waals surface area contributed by atoms with Crippen LogP contribution < -0.4 is 16.0 Å². The molecular formula is C23H22ClFN4O4S. The standard InChI is InChI=1S/C23H22ClFN4O4S/c1-23(2,29-22(31)28-20-11-9-15(24)13-26-20)21(30)27-18-10-8-14(12-17(18)25)16-6-4-5-7-19(16)34(3,32)33/h4-13H,1-3H3,(H,27,30)(H2,26,28,29,31). The quantitative estimate of drug-likeness (QED) is 0.457. The number of pyridine rings is 1. The Morgan fingerprint density at radius 2 is 1.74 bits per heavy atom. The van der Waals surface area contributed by atoms with Gasteiger partial charge in [-0.2, -0.15) is 0 Å². The molecule has 0 saturated carbocycles. The van der Waals surface area contributed by atoms with Gasteiger partial charge in [0, 0.05) is 18.0 Å². The maximum Gasteiger partial charge on any atom is 0.321 e. The van der Waals surface area contributed by atoms with Crippen LogP contribution in [0.5, 0.6) is 0 Å². The molecule has 178 valence electrons. The molecule has 8 nitrogen and oxygen atoms in total. The highest BCUT2D eigenvalue weighted by Crippen LogP contribution is 2.30. The summed E-state index contributed by atoms with van der Waals surface area (Å²) >= 11 is 5.76. The van der Waals surface area contributed by atoms with Gasteiger partial charge in [0.15, 0.2) is 9.84 Å². The van der Waals surface area contributed by atoms with Crippen molar-refractivity contribution in [3.05, 3.63) is 71.6 Å². The maximum absolute atomic E-state index is 14.8. The fourth-order valence-corrected chi connectivity index (χ4v) is 4.05. The molecule has 0 aliphatic carbocycles. The molecule has 1 aromatic heterocycles. The molecule has 0 spiro atoms. The topological polar surface area (TPSA) is 117 Å². The Balaban J connectivity index is 1.73.